The van der Waals surface area contributed by atoms with E-state index in [2.05, 4.69) is 7.05 Å². The van der Waals surface area contributed by atoms with Gasteiger partial charge in [0, 0.05) is 17.8 Å². The second kappa shape index (κ2) is 6.70. The first kappa shape index (κ1) is 17.5. The van der Waals surface area contributed by atoms with Crippen LogP contribution in [0.5, 0.6) is 0 Å². The van der Waals surface area contributed by atoms with Crippen LogP contribution in [0.1, 0.15) is 5.56 Å². The van der Waals surface area contributed by atoms with Crippen LogP contribution in [0.4, 0.5) is 17.6 Å². The highest BCUT2D eigenvalue weighted by Gasteiger charge is 2.36. The molecule has 1 aliphatic heterocycles. The Balaban J connectivity index is 1.88. The van der Waals surface area contributed by atoms with Crippen LogP contribution >= 0.6 is 0 Å². The van der Waals surface area contributed by atoms with Crippen molar-refractivity contribution < 1.29 is 26.8 Å². The van der Waals surface area contributed by atoms with Crippen molar-refractivity contribution in [2.24, 2.45) is 0 Å². The lowest BCUT2D eigenvalue weighted by Crippen LogP contribution is -2.55. The van der Waals surface area contributed by atoms with Gasteiger partial charge in [-0.05, 0) is 12.1 Å². The van der Waals surface area contributed by atoms with Crippen molar-refractivity contribution in [1.29, 1.82) is 0 Å². The van der Waals surface area contributed by atoms with Crippen LogP contribution in [0.3, 0.4) is 0 Å². The third-order valence-corrected chi connectivity index (χ3v) is 4.05. The van der Waals surface area contributed by atoms with Crippen LogP contribution < -0.4 is 0 Å². The molecule has 0 N–H and O–H groups in total. The highest BCUT2D eigenvalue weighted by atomic mass is 19.4. The van der Waals surface area contributed by atoms with Gasteiger partial charge in [-0.25, -0.2) is 4.39 Å². The molecule has 0 aromatic heterocycles. The number of alkyl halides is 3. The number of allylic oxidation sites excluding steroid dienone is 1. The van der Waals surface area contributed by atoms with Crippen LogP contribution in [0.2, 0.25) is 0 Å². The van der Waals surface area contributed by atoms with E-state index >= 15 is 0 Å². The standard InChI is InChI=1S/C16H19F4N2O/c1-22(12-13-2-4-14(17)5-3-13)10-8-21(9-11-22)7-6-15(23)16(18,19)20/h2-7H,8-12H2,1H3/q+1/b7-6+. The molecule has 0 amide bonds. The highest BCUT2D eigenvalue weighted by molar-refractivity contribution is 5.94. The van der Waals surface area contributed by atoms with E-state index in [1.54, 1.807) is 17.0 Å². The molecule has 0 saturated carbocycles. The molecule has 1 fully saturated rings. The zero-order chi connectivity index (χ0) is 17.1. The van der Waals surface area contributed by atoms with Crippen LogP contribution in [0.25, 0.3) is 0 Å². The molecule has 1 aliphatic rings. The second-order valence-electron chi connectivity index (χ2n) is 6.07. The van der Waals surface area contributed by atoms with Crippen molar-refractivity contribution in [3.8, 4) is 0 Å². The van der Waals surface area contributed by atoms with E-state index in [-0.39, 0.29) is 5.82 Å². The van der Waals surface area contributed by atoms with Gasteiger partial charge in [-0.3, -0.25) is 4.79 Å². The summed E-state index contributed by atoms with van der Waals surface area (Å²) in [5.41, 5.74) is 1.02. The van der Waals surface area contributed by atoms with E-state index in [4.69, 9.17) is 0 Å². The molecular formula is C16H19F4N2O+. The molecule has 1 aromatic rings. The Morgan fingerprint density at radius 2 is 1.78 bits per heavy atom. The fourth-order valence-corrected chi connectivity index (χ4v) is 2.57. The van der Waals surface area contributed by atoms with Gasteiger partial charge in [-0.1, -0.05) is 12.1 Å². The molecular weight excluding hydrogens is 312 g/mol. The predicted molar refractivity (Wildman–Crippen MR) is 77.8 cm³/mol. The molecule has 0 bridgehead atoms. The third kappa shape index (κ3) is 5.06. The summed E-state index contributed by atoms with van der Waals surface area (Å²) < 4.78 is 50.1. The smallest absolute Gasteiger partial charge is 0.366 e. The van der Waals surface area contributed by atoms with Gasteiger partial charge in [0.2, 0.25) is 0 Å². The lowest BCUT2D eigenvalue weighted by Gasteiger charge is -2.41. The number of quaternary nitrogens is 1. The normalized spacial score (nSPS) is 18.4. The number of ketones is 1. The zero-order valence-corrected chi connectivity index (χ0v) is 12.8. The van der Waals surface area contributed by atoms with Gasteiger partial charge in [-0.2, -0.15) is 13.2 Å². The molecule has 0 aliphatic carbocycles. The van der Waals surface area contributed by atoms with E-state index in [1.165, 1.54) is 18.3 Å². The molecule has 1 saturated heterocycles. The van der Waals surface area contributed by atoms with E-state index in [0.29, 0.717) is 19.2 Å². The zero-order valence-electron chi connectivity index (χ0n) is 12.8. The maximum absolute atomic E-state index is 12.9. The van der Waals surface area contributed by atoms with E-state index in [9.17, 15) is 22.4 Å². The van der Waals surface area contributed by atoms with Gasteiger partial charge in [-0.15, -0.1) is 0 Å². The number of hydrogen-bond donors (Lipinski definition) is 0. The summed E-state index contributed by atoms with van der Waals surface area (Å²) in [5, 5.41) is 0. The summed E-state index contributed by atoms with van der Waals surface area (Å²) in [6, 6.07) is 6.33. The maximum atomic E-state index is 12.9. The molecule has 7 heteroatoms. The Kier molecular flexibility index (Phi) is 5.09. The fourth-order valence-electron chi connectivity index (χ4n) is 2.57. The lowest BCUT2D eigenvalue weighted by atomic mass is 10.1. The summed E-state index contributed by atoms with van der Waals surface area (Å²) in [4.78, 5) is 12.5. The Morgan fingerprint density at radius 3 is 2.30 bits per heavy atom. The van der Waals surface area contributed by atoms with Crippen molar-refractivity contribution >= 4 is 5.78 Å². The number of carbonyl (C=O) groups is 1. The van der Waals surface area contributed by atoms with Crippen molar-refractivity contribution in [1.82, 2.24) is 4.90 Å². The topological polar surface area (TPSA) is 20.3 Å². The minimum absolute atomic E-state index is 0.277. The van der Waals surface area contributed by atoms with Gasteiger partial charge in [0.1, 0.15) is 12.4 Å². The summed E-state index contributed by atoms with van der Waals surface area (Å²) in [6.45, 7) is 3.35. The van der Waals surface area contributed by atoms with Crippen LogP contribution in [-0.4, -0.2) is 54.6 Å². The largest absolute Gasteiger partial charge is 0.454 e. The number of halogens is 4. The summed E-state index contributed by atoms with van der Waals surface area (Å²) in [6.07, 6.45) is -3.02. The van der Waals surface area contributed by atoms with Crippen molar-refractivity contribution in [2.75, 3.05) is 33.2 Å². The summed E-state index contributed by atoms with van der Waals surface area (Å²) >= 11 is 0. The first-order chi connectivity index (χ1) is 10.7. The molecule has 126 valence electrons. The van der Waals surface area contributed by atoms with Crippen LogP contribution in [0.15, 0.2) is 36.5 Å². The minimum Gasteiger partial charge on any atom is -0.366 e. The monoisotopic (exact) mass is 331 g/mol. The first-order valence-electron chi connectivity index (χ1n) is 7.29. The highest BCUT2D eigenvalue weighted by Crippen LogP contribution is 2.18. The molecule has 1 aromatic carbocycles. The van der Waals surface area contributed by atoms with Gasteiger partial charge < -0.3 is 9.38 Å². The molecule has 1 heterocycles. The number of nitrogens with zero attached hydrogens (tertiary/aromatic N) is 2. The number of benzene rings is 1. The van der Waals surface area contributed by atoms with Gasteiger partial charge in [0.15, 0.2) is 0 Å². The number of carbonyl (C=O) groups excluding carboxylic acids is 1. The SMILES string of the molecule is C[N+]1(Cc2ccc(F)cc2)CCN(/C=C/C(=O)C(F)(F)F)CC1. The van der Waals surface area contributed by atoms with E-state index < -0.39 is 12.0 Å². The summed E-state index contributed by atoms with van der Waals surface area (Å²) in [5.74, 6) is -2.12. The van der Waals surface area contributed by atoms with Crippen molar-refractivity contribution in [3.63, 3.8) is 0 Å². The van der Waals surface area contributed by atoms with Gasteiger partial charge >= 0.3 is 6.18 Å². The van der Waals surface area contributed by atoms with Gasteiger partial charge in [0.25, 0.3) is 5.78 Å². The molecule has 0 unspecified atom stereocenters. The molecule has 0 atom stereocenters. The van der Waals surface area contributed by atoms with Crippen LogP contribution in [-0.2, 0) is 11.3 Å². The molecule has 0 radical (unpaired) electrons. The average molecular weight is 331 g/mol. The second-order valence-corrected chi connectivity index (χ2v) is 6.07. The lowest BCUT2D eigenvalue weighted by molar-refractivity contribution is -0.926. The summed E-state index contributed by atoms with van der Waals surface area (Å²) in [7, 11) is 2.06. The Morgan fingerprint density at radius 1 is 1.22 bits per heavy atom. The number of hydrogen-bond acceptors (Lipinski definition) is 2. The molecule has 3 nitrogen and oxygen atoms in total. The molecule has 2 rings (SSSR count). The van der Waals surface area contributed by atoms with Gasteiger partial charge in [0.05, 0.1) is 33.2 Å². The molecule has 23 heavy (non-hydrogen) atoms. The maximum Gasteiger partial charge on any atom is 0.454 e. The number of likely N-dealkylation sites (N-methyl/N-ethyl adjacent to an activating group) is 1. The quantitative estimate of drug-likeness (QED) is 0.480. The molecule has 0 spiro atoms. The Hall–Kier alpha value is -1.89. The number of rotatable bonds is 4. The van der Waals surface area contributed by atoms with Crippen molar-refractivity contribution in [3.05, 3.63) is 47.9 Å². The number of piperazine rings is 1. The van der Waals surface area contributed by atoms with Crippen LogP contribution in [0, 0.1) is 5.82 Å². The Labute approximate surface area is 132 Å². The van der Waals surface area contributed by atoms with E-state index in [1.807, 2.05) is 0 Å². The predicted octanol–water partition coefficient (Wildman–Crippen LogP) is 2.73. The van der Waals surface area contributed by atoms with Crippen molar-refractivity contribution in [2.45, 2.75) is 12.7 Å². The minimum atomic E-state index is -4.82. The fraction of sp³-hybridized carbons (Fsp3) is 0.438. The Bertz CT molecular complexity index is 573. The first-order valence-corrected chi connectivity index (χ1v) is 7.29. The van der Waals surface area contributed by atoms with E-state index in [0.717, 1.165) is 29.7 Å². The average Bonchev–Trinajstić information content (AvgIpc) is 2.48. The third-order valence-electron chi connectivity index (χ3n) is 4.05.